The summed E-state index contributed by atoms with van der Waals surface area (Å²) in [6.45, 7) is 1.65. The average molecular weight is 435 g/mol. The first-order chi connectivity index (χ1) is 15.0. The Morgan fingerprint density at radius 2 is 1.81 bits per heavy atom. The number of ether oxygens (including phenoxy) is 3. The zero-order chi connectivity index (χ0) is 22.0. The van der Waals surface area contributed by atoms with Crippen LogP contribution in [0.5, 0.6) is 17.2 Å². The monoisotopic (exact) mass is 434 g/mol. The second-order valence-electron chi connectivity index (χ2n) is 6.97. The number of carbonyl (C=O) groups excluding carboxylic acids is 2. The van der Waals surface area contributed by atoms with Crippen molar-refractivity contribution in [3.8, 4) is 17.2 Å². The van der Waals surface area contributed by atoms with E-state index in [1.807, 2.05) is 12.1 Å². The van der Waals surface area contributed by atoms with Gasteiger partial charge in [0.15, 0.2) is 18.1 Å². The van der Waals surface area contributed by atoms with Gasteiger partial charge in [0.2, 0.25) is 5.78 Å². The van der Waals surface area contributed by atoms with Gasteiger partial charge in [0.05, 0.1) is 12.7 Å². The summed E-state index contributed by atoms with van der Waals surface area (Å²) in [6.07, 6.45) is 1.62. The maximum atomic E-state index is 12.7. The molecule has 0 N–H and O–H groups in total. The Morgan fingerprint density at radius 1 is 1.06 bits per heavy atom. The fraction of sp³-hybridized carbons (Fsp3) is 0.120. The molecule has 0 saturated carbocycles. The van der Waals surface area contributed by atoms with Gasteiger partial charge in [0, 0.05) is 16.1 Å². The van der Waals surface area contributed by atoms with Crippen LogP contribution in [0.4, 0.5) is 0 Å². The number of rotatable bonds is 6. The zero-order valence-electron chi connectivity index (χ0n) is 17.0. The smallest absolute Gasteiger partial charge is 0.231 e. The maximum Gasteiger partial charge on any atom is 0.231 e. The highest BCUT2D eigenvalue weighted by Gasteiger charge is 2.30. The van der Waals surface area contributed by atoms with Gasteiger partial charge in [0.25, 0.3) is 0 Å². The fourth-order valence-corrected chi connectivity index (χ4v) is 3.45. The van der Waals surface area contributed by atoms with Crippen LogP contribution in [0, 0.1) is 6.92 Å². The van der Waals surface area contributed by atoms with Crippen LogP contribution in [0.3, 0.4) is 0 Å². The molecule has 5 nitrogen and oxygen atoms in total. The van der Waals surface area contributed by atoms with E-state index in [1.165, 1.54) is 0 Å². The second kappa shape index (κ2) is 8.66. The van der Waals surface area contributed by atoms with Crippen molar-refractivity contribution in [3.05, 3.63) is 93.7 Å². The lowest BCUT2D eigenvalue weighted by atomic mass is 10.1. The topological polar surface area (TPSA) is 61.8 Å². The molecule has 0 aromatic heterocycles. The van der Waals surface area contributed by atoms with Gasteiger partial charge in [-0.15, -0.1) is 0 Å². The second-order valence-corrected chi connectivity index (χ2v) is 7.37. The summed E-state index contributed by atoms with van der Waals surface area (Å²) in [4.78, 5) is 25.2. The first-order valence-electron chi connectivity index (χ1n) is 9.60. The number of allylic oxidation sites excluding steroid dienone is 1. The van der Waals surface area contributed by atoms with Crippen molar-refractivity contribution in [1.29, 1.82) is 0 Å². The van der Waals surface area contributed by atoms with Gasteiger partial charge in [0.1, 0.15) is 17.2 Å². The lowest BCUT2D eigenvalue weighted by Gasteiger charge is -2.11. The molecule has 0 aliphatic carbocycles. The molecule has 0 fully saturated rings. The van der Waals surface area contributed by atoms with E-state index in [9.17, 15) is 9.59 Å². The minimum atomic E-state index is -0.223. The molecule has 0 spiro atoms. The summed E-state index contributed by atoms with van der Waals surface area (Å²) < 4.78 is 16.7. The summed E-state index contributed by atoms with van der Waals surface area (Å²) in [6, 6.07) is 17.3. The zero-order valence-corrected chi connectivity index (χ0v) is 17.7. The maximum absolute atomic E-state index is 12.7. The van der Waals surface area contributed by atoms with Gasteiger partial charge < -0.3 is 14.2 Å². The first kappa shape index (κ1) is 20.7. The molecular formula is C25H19ClO5. The summed E-state index contributed by atoms with van der Waals surface area (Å²) in [5, 5.41) is 0.528. The normalized spacial score (nSPS) is 13.6. The minimum Gasteiger partial charge on any atom is -0.497 e. The number of benzene rings is 3. The highest BCUT2D eigenvalue weighted by Crippen LogP contribution is 2.39. The van der Waals surface area contributed by atoms with E-state index < -0.39 is 0 Å². The molecule has 4 rings (SSSR count). The number of fused-ring (bicyclic) bond motifs is 1. The highest BCUT2D eigenvalue weighted by molar-refractivity contribution is 6.32. The number of methoxy groups -OCH3 is 1. The molecule has 6 heteroatoms. The van der Waals surface area contributed by atoms with E-state index in [1.54, 1.807) is 68.6 Å². The van der Waals surface area contributed by atoms with Crippen molar-refractivity contribution in [2.45, 2.75) is 6.92 Å². The lowest BCUT2D eigenvalue weighted by Crippen LogP contribution is -2.12. The quantitative estimate of drug-likeness (QED) is 0.377. The van der Waals surface area contributed by atoms with Crippen molar-refractivity contribution in [2.24, 2.45) is 0 Å². The molecule has 1 heterocycles. The summed E-state index contributed by atoms with van der Waals surface area (Å²) >= 11 is 6.19. The standard InChI is InChI=1S/C25H19ClO5/c1-15-22(30-14-21(27)16-7-9-18(29-2)10-8-16)12-11-19-24(28)23(31-25(15)19)13-17-5-3-4-6-20(17)26/h3-13H,14H2,1-2H3/b23-13-. The van der Waals surface area contributed by atoms with Gasteiger partial charge in [-0.3, -0.25) is 9.59 Å². The van der Waals surface area contributed by atoms with Gasteiger partial charge in [-0.25, -0.2) is 0 Å². The lowest BCUT2D eigenvalue weighted by molar-refractivity contribution is 0.0920. The van der Waals surface area contributed by atoms with E-state index in [2.05, 4.69) is 0 Å². The number of halogens is 1. The Hall–Kier alpha value is -3.57. The fourth-order valence-electron chi connectivity index (χ4n) is 3.26. The molecule has 0 bridgehead atoms. The van der Waals surface area contributed by atoms with Crippen LogP contribution in [0.15, 0.2) is 66.4 Å². The molecule has 3 aromatic carbocycles. The van der Waals surface area contributed by atoms with Crippen LogP contribution in [0.25, 0.3) is 6.08 Å². The molecule has 3 aromatic rings. The third kappa shape index (κ3) is 4.18. The largest absolute Gasteiger partial charge is 0.497 e. The Morgan fingerprint density at radius 3 is 2.52 bits per heavy atom. The predicted octanol–water partition coefficient (Wildman–Crippen LogP) is 5.53. The van der Waals surface area contributed by atoms with Crippen LogP contribution in [-0.2, 0) is 0 Å². The minimum absolute atomic E-state index is 0.137. The van der Waals surface area contributed by atoms with Gasteiger partial charge in [-0.1, -0.05) is 29.8 Å². The molecule has 0 unspecified atom stereocenters. The molecular weight excluding hydrogens is 416 g/mol. The van der Waals surface area contributed by atoms with Crippen molar-refractivity contribution >= 4 is 29.2 Å². The Balaban J connectivity index is 1.51. The van der Waals surface area contributed by atoms with Gasteiger partial charge >= 0.3 is 0 Å². The number of Topliss-reactive ketones (excluding diaryl/α,β-unsaturated/α-hetero) is 2. The number of hydrogen-bond acceptors (Lipinski definition) is 5. The predicted molar refractivity (Wildman–Crippen MR) is 118 cm³/mol. The molecule has 1 aliphatic rings. The van der Waals surface area contributed by atoms with Gasteiger partial charge in [-0.05, 0) is 61.0 Å². The average Bonchev–Trinajstić information content (AvgIpc) is 3.11. The SMILES string of the molecule is COc1ccc(C(=O)COc2ccc3c(c2C)O/C(=C\c2ccccc2Cl)C3=O)cc1. The number of hydrogen-bond donors (Lipinski definition) is 0. The van der Waals surface area contributed by atoms with Crippen molar-refractivity contribution < 1.29 is 23.8 Å². The van der Waals surface area contributed by atoms with Crippen molar-refractivity contribution in [1.82, 2.24) is 0 Å². The summed E-state index contributed by atoms with van der Waals surface area (Å²) in [5.41, 5.74) is 2.32. The van der Waals surface area contributed by atoms with Crippen molar-refractivity contribution in [3.63, 3.8) is 0 Å². The third-order valence-electron chi connectivity index (χ3n) is 5.00. The molecule has 0 amide bonds. The van der Waals surface area contributed by atoms with E-state index in [-0.39, 0.29) is 23.9 Å². The Labute approximate surface area is 184 Å². The van der Waals surface area contributed by atoms with Crippen molar-refractivity contribution in [2.75, 3.05) is 13.7 Å². The highest BCUT2D eigenvalue weighted by atomic mass is 35.5. The third-order valence-corrected chi connectivity index (χ3v) is 5.34. The van der Waals surface area contributed by atoms with Crippen LogP contribution in [0.1, 0.15) is 31.8 Å². The van der Waals surface area contributed by atoms with E-state index >= 15 is 0 Å². The van der Waals surface area contributed by atoms with Crippen LogP contribution in [0.2, 0.25) is 5.02 Å². The number of carbonyl (C=O) groups is 2. The van der Waals surface area contributed by atoms with E-state index in [4.69, 9.17) is 25.8 Å². The molecule has 156 valence electrons. The first-order valence-corrected chi connectivity index (χ1v) is 9.98. The molecule has 0 saturated heterocycles. The molecule has 0 radical (unpaired) electrons. The van der Waals surface area contributed by atoms with Crippen LogP contribution in [-0.4, -0.2) is 25.3 Å². The Kier molecular flexibility index (Phi) is 5.78. The number of ketones is 2. The molecule has 31 heavy (non-hydrogen) atoms. The summed E-state index contributed by atoms with van der Waals surface area (Å²) in [5.74, 6) is 1.38. The summed E-state index contributed by atoms with van der Waals surface area (Å²) in [7, 11) is 1.57. The molecule has 0 atom stereocenters. The van der Waals surface area contributed by atoms with Gasteiger partial charge in [-0.2, -0.15) is 0 Å². The van der Waals surface area contributed by atoms with Crippen LogP contribution >= 0.6 is 11.6 Å². The Bertz CT molecular complexity index is 1200. The van der Waals surface area contributed by atoms with E-state index in [0.717, 1.165) is 0 Å². The van der Waals surface area contributed by atoms with Crippen LogP contribution < -0.4 is 14.2 Å². The molecule has 1 aliphatic heterocycles. The van der Waals surface area contributed by atoms with E-state index in [0.29, 0.717) is 44.5 Å².